The highest BCUT2D eigenvalue weighted by Gasteiger charge is 2.23. The molecule has 4 heteroatoms. The fraction of sp³-hybridized carbons (Fsp3) is 0.750. The van der Waals surface area contributed by atoms with Crippen molar-refractivity contribution in [1.82, 2.24) is 9.55 Å². The summed E-state index contributed by atoms with van der Waals surface area (Å²) in [5.74, 6) is 1.60. The van der Waals surface area contributed by atoms with Gasteiger partial charge in [-0.25, -0.2) is 4.98 Å². The summed E-state index contributed by atoms with van der Waals surface area (Å²) in [6, 6.07) is 0.426. The van der Waals surface area contributed by atoms with E-state index in [9.17, 15) is 0 Å². The van der Waals surface area contributed by atoms with Crippen LogP contribution in [-0.4, -0.2) is 28.8 Å². The van der Waals surface area contributed by atoms with Crippen LogP contribution in [0.15, 0.2) is 6.20 Å². The summed E-state index contributed by atoms with van der Waals surface area (Å²) < 4.78 is 7.56. The van der Waals surface area contributed by atoms with Crippen molar-refractivity contribution in [1.29, 1.82) is 0 Å². The van der Waals surface area contributed by atoms with Gasteiger partial charge >= 0.3 is 0 Å². The summed E-state index contributed by atoms with van der Waals surface area (Å²) in [6.45, 7) is 9.11. The second-order valence-electron chi connectivity index (χ2n) is 4.55. The Balaban J connectivity index is 2.01. The van der Waals surface area contributed by atoms with Gasteiger partial charge in [-0.1, -0.05) is 0 Å². The third kappa shape index (κ3) is 2.38. The molecule has 0 saturated carbocycles. The van der Waals surface area contributed by atoms with Crippen LogP contribution in [0, 0.1) is 12.8 Å². The zero-order valence-electron chi connectivity index (χ0n) is 10.4. The Morgan fingerprint density at radius 3 is 3.12 bits per heavy atom. The second-order valence-corrected chi connectivity index (χ2v) is 4.55. The molecular weight excluding hydrogens is 202 g/mol. The number of aryl methyl sites for hydroxylation is 2. The molecule has 90 valence electrons. The zero-order valence-corrected chi connectivity index (χ0v) is 10.4. The Morgan fingerprint density at radius 2 is 2.50 bits per heavy atom. The maximum absolute atomic E-state index is 5.41. The van der Waals surface area contributed by atoms with E-state index in [1.165, 1.54) is 0 Å². The molecule has 0 bridgehead atoms. The SMILES string of the molecule is CCn1cc(C)nc1NC(C)C1CCOC1. The van der Waals surface area contributed by atoms with Crippen LogP contribution >= 0.6 is 0 Å². The van der Waals surface area contributed by atoms with Gasteiger partial charge in [0.15, 0.2) is 0 Å². The molecule has 1 aliphatic rings. The summed E-state index contributed by atoms with van der Waals surface area (Å²) in [4.78, 5) is 4.50. The van der Waals surface area contributed by atoms with E-state index in [1.54, 1.807) is 0 Å². The molecule has 1 aliphatic heterocycles. The lowest BCUT2D eigenvalue weighted by Gasteiger charge is -2.20. The predicted molar refractivity (Wildman–Crippen MR) is 64.6 cm³/mol. The van der Waals surface area contributed by atoms with Crippen LogP contribution in [0.5, 0.6) is 0 Å². The molecule has 2 rings (SSSR count). The van der Waals surface area contributed by atoms with Gasteiger partial charge in [0.25, 0.3) is 0 Å². The Hall–Kier alpha value is -1.03. The van der Waals surface area contributed by atoms with Gasteiger partial charge in [-0.2, -0.15) is 0 Å². The number of nitrogens with one attached hydrogen (secondary N) is 1. The molecule has 1 N–H and O–H groups in total. The molecule has 0 aliphatic carbocycles. The highest BCUT2D eigenvalue weighted by molar-refractivity contribution is 5.30. The number of nitrogens with zero attached hydrogens (tertiary/aromatic N) is 2. The summed E-state index contributed by atoms with van der Waals surface area (Å²) in [6.07, 6.45) is 3.24. The lowest BCUT2D eigenvalue weighted by atomic mass is 10.0. The fourth-order valence-electron chi connectivity index (χ4n) is 2.17. The van der Waals surface area contributed by atoms with Crippen molar-refractivity contribution < 1.29 is 4.74 Å². The number of ether oxygens (including phenoxy) is 1. The predicted octanol–water partition coefficient (Wildman–Crippen LogP) is 2.05. The quantitative estimate of drug-likeness (QED) is 0.849. The number of imidazole rings is 1. The molecule has 1 saturated heterocycles. The first-order chi connectivity index (χ1) is 7.70. The first-order valence-electron chi connectivity index (χ1n) is 6.08. The zero-order chi connectivity index (χ0) is 11.5. The van der Waals surface area contributed by atoms with E-state index in [2.05, 4.69) is 34.9 Å². The van der Waals surface area contributed by atoms with E-state index in [1.807, 2.05) is 6.92 Å². The number of anilines is 1. The standard InChI is InChI=1S/C12H21N3O/c1-4-15-7-9(2)13-12(15)14-10(3)11-5-6-16-8-11/h7,10-11H,4-6,8H2,1-3H3,(H,13,14). The van der Waals surface area contributed by atoms with Gasteiger partial charge in [0.2, 0.25) is 5.95 Å². The van der Waals surface area contributed by atoms with Crippen LogP contribution in [0.25, 0.3) is 0 Å². The van der Waals surface area contributed by atoms with E-state index >= 15 is 0 Å². The molecular formula is C12H21N3O. The molecule has 1 aromatic rings. The first kappa shape index (κ1) is 11.5. The molecule has 0 aromatic carbocycles. The molecule has 0 spiro atoms. The monoisotopic (exact) mass is 223 g/mol. The van der Waals surface area contributed by atoms with Crippen LogP contribution in [0.4, 0.5) is 5.95 Å². The Kier molecular flexibility index (Phi) is 3.49. The summed E-state index contributed by atoms with van der Waals surface area (Å²) in [5.41, 5.74) is 1.07. The van der Waals surface area contributed by atoms with Crippen LogP contribution in [0.3, 0.4) is 0 Å². The third-order valence-electron chi connectivity index (χ3n) is 3.27. The first-order valence-corrected chi connectivity index (χ1v) is 6.08. The smallest absolute Gasteiger partial charge is 0.203 e. The van der Waals surface area contributed by atoms with Crippen molar-refractivity contribution >= 4 is 5.95 Å². The van der Waals surface area contributed by atoms with Crippen LogP contribution in [0.1, 0.15) is 26.0 Å². The number of hydrogen-bond acceptors (Lipinski definition) is 3. The minimum absolute atomic E-state index is 0.426. The maximum atomic E-state index is 5.41. The minimum Gasteiger partial charge on any atom is -0.381 e. The van der Waals surface area contributed by atoms with E-state index in [4.69, 9.17) is 4.74 Å². The summed E-state index contributed by atoms with van der Waals surface area (Å²) >= 11 is 0. The molecule has 16 heavy (non-hydrogen) atoms. The van der Waals surface area contributed by atoms with Gasteiger partial charge in [0.1, 0.15) is 0 Å². The average molecular weight is 223 g/mol. The van der Waals surface area contributed by atoms with Crippen molar-refractivity contribution in [3.8, 4) is 0 Å². The van der Waals surface area contributed by atoms with E-state index in [0.29, 0.717) is 12.0 Å². The molecule has 4 nitrogen and oxygen atoms in total. The lowest BCUT2D eigenvalue weighted by molar-refractivity contribution is 0.183. The molecule has 1 fully saturated rings. The molecule has 0 amide bonds. The van der Waals surface area contributed by atoms with Crippen molar-refractivity contribution in [3.63, 3.8) is 0 Å². The largest absolute Gasteiger partial charge is 0.381 e. The van der Waals surface area contributed by atoms with Gasteiger partial charge < -0.3 is 14.6 Å². The van der Waals surface area contributed by atoms with Gasteiger partial charge in [-0.3, -0.25) is 0 Å². The molecule has 1 aromatic heterocycles. The number of hydrogen-bond donors (Lipinski definition) is 1. The lowest BCUT2D eigenvalue weighted by Crippen LogP contribution is -2.27. The Bertz CT molecular complexity index is 342. The summed E-state index contributed by atoms with van der Waals surface area (Å²) in [7, 11) is 0. The topological polar surface area (TPSA) is 39.1 Å². The van der Waals surface area contributed by atoms with Crippen molar-refractivity contribution in [2.24, 2.45) is 5.92 Å². The normalized spacial score (nSPS) is 22.3. The molecule has 2 heterocycles. The fourth-order valence-corrected chi connectivity index (χ4v) is 2.17. The maximum Gasteiger partial charge on any atom is 0.203 e. The third-order valence-corrected chi connectivity index (χ3v) is 3.27. The second kappa shape index (κ2) is 4.87. The average Bonchev–Trinajstić information content (AvgIpc) is 2.87. The van der Waals surface area contributed by atoms with Crippen LogP contribution in [-0.2, 0) is 11.3 Å². The molecule has 2 atom stereocenters. The van der Waals surface area contributed by atoms with E-state index < -0.39 is 0 Å². The van der Waals surface area contributed by atoms with Crippen molar-refractivity contribution in [2.45, 2.75) is 39.8 Å². The van der Waals surface area contributed by atoms with Gasteiger partial charge in [-0.05, 0) is 27.2 Å². The van der Waals surface area contributed by atoms with Crippen molar-refractivity contribution in [3.05, 3.63) is 11.9 Å². The molecule has 2 unspecified atom stereocenters. The Morgan fingerprint density at radius 1 is 1.69 bits per heavy atom. The van der Waals surface area contributed by atoms with Gasteiger partial charge in [0, 0.05) is 31.3 Å². The molecule has 0 radical (unpaired) electrons. The van der Waals surface area contributed by atoms with Crippen molar-refractivity contribution in [2.75, 3.05) is 18.5 Å². The van der Waals surface area contributed by atoms with Crippen LogP contribution < -0.4 is 5.32 Å². The van der Waals surface area contributed by atoms with Crippen LogP contribution in [0.2, 0.25) is 0 Å². The summed E-state index contributed by atoms with van der Waals surface area (Å²) in [5, 5.41) is 3.50. The highest BCUT2D eigenvalue weighted by Crippen LogP contribution is 2.20. The Labute approximate surface area is 97.0 Å². The van der Waals surface area contributed by atoms with E-state index in [-0.39, 0.29) is 0 Å². The number of aromatic nitrogens is 2. The van der Waals surface area contributed by atoms with E-state index in [0.717, 1.165) is 37.8 Å². The minimum atomic E-state index is 0.426. The van der Waals surface area contributed by atoms with Gasteiger partial charge in [0.05, 0.1) is 12.3 Å². The highest BCUT2D eigenvalue weighted by atomic mass is 16.5. The van der Waals surface area contributed by atoms with Gasteiger partial charge in [-0.15, -0.1) is 0 Å². The number of rotatable bonds is 4.